The van der Waals surface area contributed by atoms with Crippen LogP contribution in [0.5, 0.6) is 0 Å². The van der Waals surface area contributed by atoms with Crippen molar-refractivity contribution in [2.24, 2.45) is 5.92 Å². The molecule has 1 aliphatic heterocycles. The Kier molecular flexibility index (Phi) is 5.80. The van der Waals surface area contributed by atoms with Crippen LogP contribution < -0.4 is 0 Å². The summed E-state index contributed by atoms with van der Waals surface area (Å²) in [5.41, 5.74) is 1.59. The van der Waals surface area contributed by atoms with E-state index in [0.29, 0.717) is 11.6 Å². The number of carboxylic acid groups (broad SMARTS) is 1. The third-order valence-corrected chi connectivity index (χ3v) is 4.41. The zero-order chi connectivity index (χ0) is 15.2. The normalized spacial score (nSPS) is 19.9. The number of hydrogen-bond donors (Lipinski definition) is 1. The van der Waals surface area contributed by atoms with Crippen LogP contribution in [0.2, 0.25) is 0 Å². The predicted molar refractivity (Wildman–Crippen MR) is 85.5 cm³/mol. The van der Waals surface area contributed by atoms with Crippen LogP contribution in [-0.4, -0.2) is 28.6 Å². The molecule has 3 heteroatoms. The first-order valence-electron chi connectivity index (χ1n) is 8.12. The van der Waals surface area contributed by atoms with Crippen LogP contribution >= 0.6 is 0 Å². The molecule has 0 amide bonds. The van der Waals surface area contributed by atoms with Crippen LogP contribution in [0.15, 0.2) is 24.3 Å². The molecule has 1 N–H and O–H groups in total. The summed E-state index contributed by atoms with van der Waals surface area (Å²) >= 11 is 0. The van der Waals surface area contributed by atoms with E-state index >= 15 is 0 Å². The Bertz CT molecular complexity index is 453. The first-order chi connectivity index (χ1) is 10.1. The van der Waals surface area contributed by atoms with Gasteiger partial charge in [0.05, 0.1) is 5.56 Å². The molecule has 0 aliphatic carbocycles. The minimum Gasteiger partial charge on any atom is -0.478 e. The molecule has 2 rings (SSSR count). The van der Waals surface area contributed by atoms with Crippen molar-refractivity contribution in [3.63, 3.8) is 0 Å². The van der Waals surface area contributed by atoms with Crippen molar-refractivity contribution in [2.75, 3.05) is 6.54 Å². The van der Waals surface area contributed by atoms with E-state index in [1.807, 2.05) is 12.1 Å². The summed E-state index contributed by atoms with van der Waals surface area (Å²) in [5, 5.41) is 8.95. The van der Waals surface area contributed by atoms with E-state index in [1.165, 1.54) is 44.2 Å². The first-order valence-corrected chi connectivity index (χ1v) is 8.12. The number of aromatic carboxylic acids is 1. The molecule has 1 fully saturated rings. The molecule has 116 valence electrons. The largest absolute Gasteiger partial charge is 0.478 e. The lowest BCUT2D eigenvalue weighted by Crippen LogP contribution is -2.39. The SMILES string of the molecule is CC(C)CCC1CCCCN1Cc1ccc(C(=O)O)cc1. The fourth-order valence-electron chi connectivity index (χ4n) is 3.11. The van der Waals surface area contributed by atoms with Gasteiger partial charge in [-0.05, 0) is 55.8 Å². The summed E-state index contributed by atoms with van der Waals surface area (Å²) in [7, 11) is 0. The number of rotatable bonds is 6. The van der Waals surface area contributed by atoms with Crippen LogP contribution in [0.25, 0.3) is 0 Å². The van der Waals surface area contributed by atoms with Gasteiger partial charge >= 0.3 is 5.97 Å². The summed E-state index contributed by atoms with van der Waals surface area (Å²) < 4.78 is 0. The molecule has 3 nitrogen and oxygen atoms in total. The number of likely N-dealkylation sites (tertiary alicyclic amines) is 1. The lowest BCUT2D eigenvalue weighted by molar-refractivity contribution is 0.0697. The average molecular weight is 289 g/mol. The Morgan fingerprint density at radius 3 is 2.62 bits per heavy atom. The van der Waals surface area contributed by atoms with E-state index in [1.54, 1.807) is 12.1 Å². The standard InChI is InChI=1S/C18H27NO2/c1-14(2)6-11-17-5-3-4-12-19(17)13-15-7-9-16(10-8-15)18(20)21/h7-10,14,17H,3-6,11-13H2,1-2H3,(H,20,21). The molecule has 1 unspecified atom stereocenters. The minimum atomic E-state index is -0.852. The lowest BCUT2D eigenvalue weighted by Gasteiger charge is -2.36. The number of piperidine rings is 1. The van der Waals surface area contributed by atoms with Crippen LogP contribution in [0.3, 0.4) is 0 Å². The van der Waals surface area contributed by atoms with Crippen molar-refractivity contribution >= 4 is 5.97 Å². The molecule has 0 spiro atoms. The third-order valence-electron chi connectivity index (χ3n) is 4.41. The molecule has 1 aliphatic rings. The monoisotopic (exact) mass is 289 g/mol. The topological polar surface area (TPSA) is 40.5 Å². The van der Waals surface area contributed by atoms with Gasteiger partial charge < -0.3 is 5.11 Å². The Morgan fingerprint density at radius 2 is 2.00 bits per heavy atom. The maximum atomic E-state index is 10.9. The number of hydrogen-bond acceptors (Lipinski definition) is 2. The minimum absolute atomic E-state index is 0.369. The van der Waals surface area contributed by atoms with E-state index in [0.717, 1.165) is 12.5 Å². The van der Waals surface area contributed by atoms with Gasteiger partial charge in [0.15, 0.2) is 0 Å². The zero-order valence-corrected chi connectivity index (χ0v) is 13.2. The molecular formula is C18H27NO2. The second-order valence-electron chi connectivity index (χ2n) is 6.59. The predicted octanol–water partition coefficient (Wildman–Crippen LogP) is 4.18. The molecular weight excluding hydrogens is 262 g/mol. The van der Waals surface area contributed by atoms with Gasteiger partial charge in [0, 0.05) is 12.6 Å². The quantitative estimate of drug-likeness (QED) is 0.854. The van der Waals surface area contributed by atoms with Gasteiger partial charge in [0.25, 0.3) is 0 Å². The maximum Gasteiger partial charge on any atom is 0.335 e. The molecule has 1 aromatic rings. The van der Waals surface area contributed by atoms with E-state index in [4.69, 9.17) is 5.11 Å². The maximum absolute atomic E-state index is 10.9. The molecule has 0 radical (unpaired) electrons. The Balaban J connectivity index is 1.96. The average Bonchev–Trinajstić information content (AvgIpc) is 2.47. The van der Waals surface area contributed by atoms with Crippen molar-refractivity contribution in [3.8, 4) is 0 Å². The van der Waals surface area contributed by atoms with E-state index in [-0.39, 0.29) is 0 Å². The highest BCUT2D eigenvalue weighted by molar-refractivity contribution is 5.87. The summed E-state index contributed by atoms with van der Waals surface area (Å²) in [6.45, 7) is 6.70. The molecule has 1 saturated heterocycles. The molecule has 0 bridgehead atoms. The van der Waals surface area contributed by atoms with Gasteiger partial charge in [-0.2, -0.15) is 0 Å². The molecule has 1 heterocycles. The Morgan fingerprint density at radius 1 is 1.29 bits per heavy atom. The smallest absolute Gasteiger partial charge is 0.335 e. The summed E-state index contributed by atoms with van der Waals surface area (Å²) in [6.07, 6.45) is 6.51. The first kappa shape index (κ1) is 16.0. The van der Waals surface area contributed by atoms with E-state index in [9.17, 15) is 4.79 Å². The lowest BCUT2D eigenvalue weighted by atomic mass is 9.94. The van der Waals surface area contributed by atoms with Crippen LogP contribution in [-0.2, 0) is 6.54 Å². The molecule has 1 atom stereocenters. The van der Waals surface area contributed by atoms with Gasteiger partial charge in [0.1, 0.15) is 0 Å². The number of carbonyl (C=O) groups is 1. The Labute approximate surface area is 128 Å². The highest BCUT2D eigenvalue weighted by Crippen LogP contribution is 2.24. The van der Waals surface area contributed by atoms with E-state index < -0.39 is 5.97 Å². The fourth-order valence-corrected chi connectivity index (χ4v) is 3.11. The van der Waals surface area contributed by atoms with Crippen LogP contribution in [0.1, 0.15) is 61.9 Å². The highest BCUT2D eigenvalue weighted by atomic mass is 16.4. The summed E-state index contributed by atoms with van der Waals surface area (Å²) in [6, 6.07) is 8.03. The van der Waals surface area contributed by atoms with E-state index in [2.05, 4.69) is 18.7 Å². The van der Waals surface area contributed by atoms with Gasteiger partial charge in [-0.25, -0.2) is 4.79 Å². The molecule has 0 aromatic heterocycles. The fraction of sp³-hybridized carbons (Fsp3) is 0.611. The molecule has 1 aromatic carbocycles. The van der Waals surface area contributed by atoms with Crippen molar-refractivity contribution in [1.82, 2.24) is 4.90 Å². The number of benzene rings is 1. The zero-order valence-electron chi connectivity index (χ0n) is 13.2. The van der Waals surface area contributed by atoms with Crippen molar-refractivity contribution < 1.29 is 9.90 Å². The van der Waals surface area contributed by atoms with Crippen molar-refractivity contribution in [2.45, 2.75) is 58.5 Å². The van der Waals surface area contributed by atoms with Gasteiger partial charge in [-0.15, -0.1) is 0 Å². The Hall–Kier alpha value is -1.35. The third kappa shape index (κ3) is 4.85. The van der Waals surface area contributed by atoms with Crippen molar-refractivity contribution in [1.29, 1.82) is 0 Å². The molecule has 21 heavy (non-hydrogen) atoms. The second kappa shape index (κ2) is 7.60. The second-order valence-corrected chi connectivity index (χ2v) is 6.59. The van der Waals surface area contributed by atoms with Gasteiger partial charge in [-0.1, -0.05) is 32.4 Å². The summed E-state index contributed by atoms with van der Waals surface area (Å²) in [5.74, 6) is -0.0852. The molecule has 0 saturated carbocycles. The van der Waals surface area contributed by atoms with Gasteiger partial charge in [-0.3, -0.25) is 4.90 Å². The highest BCUT2D eigenvalue weighted by Gasteiger charge is 2.22. The van der Waals surface area contributed by atoms with Gasteiger partial charge in [0.2, 0.25) is 0 Å². The summed E-state index contributed by atoms with van der Waals surface area (Å²) in [4.78, 5) is 13.5. The number of carboxylic acids is 1. The van der Waals surface area contributed by atoms with Crippen molar-refractivity contribution in [3.05, 3.63) is 35.4 Å². The number of nitrogens with zero attached hydrogens (tertiary/aromatic N) is 1. The van der Waals surface area contributed by atoms with Crippen LogP contribution in [0.4, 0.5) is 0 Å². The van der Waals surface area contributed by atoms with Crippen LogP contribution in [0, 0.1) is 5.92 Å².